The second-order valence-electron chi connectivity index (χ2n) is 3.93. The van der Waals surface area contributed by atoms with Gasteiger partial charge in [0.15, 0.2) is 5.82 Å². The minimum absolute atomic E-state index is 0.208. The first-order valence-electron chi connectivity index (χ1n) is 6.03. The van der Waals surface area contributed by atoms with Crippen molar-refractivity contribution in [2.75, 3.05) is 13.6 Å². The topological polar surface area (TPSA) is 100 Å². The Morgan fingerprint density at radius 2 is 2.37 bits per heavy atom. The molecule has 0 aliphatic rings. The van der Waals surface area contributed by atoms with Crippen molar-refractivity contribution in [3.63, 3.8) is 0 Å². The summed E-state index contributed by atoms with van der Waals surface area (Å²) in [6.45, 7) is 0.619. The smallest absolute Gasteiger partial charge is 0.274 e. The van der Waals surface area contributed by atoms with Crippen molar-refractivity contribution in [3.05, 3.63) is 46.2 Å². The zero-order valence-corrected chi connectivity index (χ0v) is 10.8. The Hall–Kier alpha value is -2.31. The minimum atomic E-state index is -0.509. The number of nitro groups is 1. The number of unbranched alkanes of at least 4 members (excludes halogenated alkanes) is 1. The first kappa shape index (κ1) is 14.7. The molecule has 1 heterocycles. The zero-order chi connectivity index (χ0) is 14.1. The van der Waals surface area contributed by atoms with Crippen molar-refractivity contribution in [2.45, 2.75) is 19.3 Å². The van der Waals surface area contributed by atoms with E-state index < -0.39 is 4.92 Å². The third-order valence-electron chi connectivity index (χ3n) is 2.53. The molecular weight excluding hydrogens is 248 g/mol. The van der Waals surface area contributed by atoms with Crippen molar-refractivity contribution < 1.29 is 10.0 Å². The molecule has 0 bridgehead atoms. The summed E-state index contributed by atoms with van der Waals surface area (Å²) < 4.78 is 0. The fraction of sp³-hybridized carbons (Fsp3) is 0.417. The molecule has 1 aromatic heterocycles. The van der Waals surface area contributed by atoms with Crippen LogP contribution < -0.4 is 10.6 Å². The molecule has 0 unspecified atom stereocenters. The largest absolute Gasteiger partial charge is 0.506 e. The summed E-state index contributed by atoms with van der Waals surface area (Å²) >= 11 is 0. The molecule has 19 heavy (non-hydrogen) atoms. The van der Waals surface area contributed by atoms with Crippen molar-refractivity contribution in [1.29, 1.82) is 0 Å². The second-order valence-corrected chi connectivity index (χ2v) is 3.93. The highest BCUT2D eigenvalue weighted by atomic mass is 16.6. The van der Waals surface area contributed by atoms with E-state index >= 15 is 0 Å². The number of aryl methyl sites for hydroxylation is 1. The Labute approximate surface area is 111 Å². The lowest BCUT2D eigenvalue weighted by atomic mass is 10.1. The molecule has 1 aromatic rings. The fourth-order valence-electron chi connectivity index (χ4n) is 1.57. The van der Waals surface area contributed by atoms with Gasteiger partial charge < -0.3 is 15.7 Å². The molecule has 3 N–H and O–H groups in total. The summed E-state index contributed by atoms with van der Waals surface area (Å²) in [6, 6.07) is 3.29. The number of hydrogen-bond acceptors (Lipinski definition) is 6. The molecule has 0 saturated heterocycles. The van der Waals surface area contributed by atoms with Crippen LogP contribution in [0.4, 0.5) is 0 Å². The Kier molecular flexibility index (Phi) is 6.14. The lowest BCUT2D eigenvalue weighted by Crippen LogP contribution is -2.25. The summed E-state index contributed by atoms with van der Waals surface area (Å²) in [7, 11) is 1.62. The number of nitrogens with one attached hydrogen (secondary N) is 2. The highest BCUT2D eigenvalue weighted by Gasteiger charge is 2.02. The van der Waals surface area contributed by atoms with Crippen LogP contribution in [0.3, 0.4) is 0 Å². The fourth-order valence-corrected chi connectivity index (χ4v) is 1.57. The molecule has 0 saturated carbocycles. The van der Waals surface area contributed by atoms with Crippen LogP contribution in [-0.4, -0.2) is 28.6 Å². The number of hydrogen-bond donors (Lipinski definition) is 3. The van der Waals surface area contributed by atoms with Crippen molar-refractivity contribution in [3.8, 4) is 5.75 Å². The van der Waals surface area contributed by atoms with Gasteiger partial charge in [0.2, 0.25) is 0 Å². The van der Waals surface area contributed by atoms with Crippen molar-refractivity contribution >= 4 is 0 Å². The van der Waals surface area contributed by atoms with Crippen LogP contribution in [0.5, 0.6) is 5.75 Å². The second kappa shape index (κ2) is 7.91. The third kappa shape index (κ3) is 5.71. The summed E-state index contributed by atoms with van der Waals surface area (Å²) in [4.78, 5) is 13.9. The predicted octanol–water partition coefficient (Wildman–Crippen LogP) is 0.994. The maximum Gasteiger partial charge on any atom is 0.274 e. The average Bonchev–Trinajstić information content (AvgIpc) is 2.38. The molecule has 0 atom stereocenters. The van der Waals surface area contributed by atoms with Crippen LogP contribution in [-0.2, 0) is 6.42 Å². The quantitative estimate of drug-likeness (QED) is 0.368. The van der Waals surface area contributed by atoms with Crippen LogP contribution in [0.2, 0.25) is 0 Å². The summed E-state index contributed by atoms with van der Waals surface area (Å²) in [6.07, 6.45) is 4.89. The van der Waals surface area contributed by atoms with E-state index in [1.807, 2.05) is 0 Å². The molecule has 104 valence electrons. The standard InChI is InChI=1S/C12H18N4O3/c1-13-12(9-16(18)19)15-7-3-2-5-10-11(17)6-4-8-14-10/h4,6,8-9,13,15,17H,2-3,5,7H2,1H3. The lowest BCUT2D eigenvalue weighted by molar-refractivity contribution is -0.404. The molecule has 0 aromatic carbocycles. The van der Waals surface area contributed by atoms with Gasteiger partial charge in [-0.15, -0.1) is 0 Å². The first-order chi connectivity index (χ1) is 9.13. The number of pyridine rings is 1. The molecular formula is C12H18N4O3. The molecule has 0 fully saturated rings. The molecule has 0 aliphatic heterocycles. The highest BCUT2D eigenvalue weighted by Crippen LogP contribution is 2.14. The number of aromatic hydroxyl groups is 1. The molecule has 7 heteroatoms. The molecule has 0 spiro atoms. The van der Waals surface area contributed by atoms with Gasteiger partial charge in [0.05, 0.1) is 10.6 Å². The van der Waals surface area contributed by atoms with Gasteiger partial charge in [0, 0.05) is 19.8 Å². The van der Waals surface area contributed by atoms with Gasteiger partial charge in [-0.1, -0.05) is 0 Å². The Morgan fingerprint density at radius 1 is 1.58 bits per heavy atom. The first-order valence-corrected chi connectivity index (χ1v) is 6.03. The van der Waals surface area contributed by atoms with E-state index in [4.69, 9.17) is 0 Å². The van der Waals surface area contributed by atoms with Crippen LogP contribution in [0.15, 0.2) is 30.4 Å². The van der Waals surface area contributed by atoms with Gasteiger partial charge >= 0.3 is 0 Å². The summed E-state index contributed by atoms with van der Waals surface area (Å²) in [5, 5.41) is 25.4. The Morgan fingerprint density at radius 3 is 3.00 bits per heavy atom. The van der Waals surface area contributed by atoms with Crippen LogP contribution in [0.1, 0.15) is 18.5 Å². The van der Waals surface area contributed by atoms with E-state index in [1.165, 1.54) is 0 Å². The van der Waals surface area contributed by atoms with Gasteiger partial charge in [0.1, 0.15) is 5.75 Å². The van der Waals surface area contributed by atoms with E-state index in [2.05, 4.69) is 15.6 Å². The molecule has 0 amide bonds. The van der Waals surface area contributed by atoms with Crippen molar-refractivity contribution in [1.82, 2.24) is 15.6 Å². The number of rotatable bonds is 8. The summed E-state index contributed by atoms with van der Waals surface area (Å²) in [5.41, 5.74) is 0.678. The number of nitrogens with zero attached hydrogens (tertiary/aromatic N) is 2. The van der Waals surface area contributed by atoms with E-state index in [9.17, 15) is 15.2 Å². The molecule has 0 radical (unpaired) electrons. The maximum atomic E-state index is 10.3. The van der Waals surface area contributed by atoms with E-state index in [0.717, 1.165) is 19.0 Å². The molecule has 7 nitrogen and oxygen atoms in total. The Bertz CT molecular complexity index is 448. The van der Waals surface area contributed by atoms with Crippen LogP contribution in [0.25, 0.3) is 0 Å². The highest BCUT2D eigenvalue weighted by molar-refractivity contribution is 5.24. The van der Waals surface area contributed by atoms with E-state index in [1.54, 1.807) is 25.4 Å². The van der Waals surface area contributed by atoms with Gasteiger partial charge in [-0.05, 0) is 31.4 Å². The normalized spacial score (nSPS) is 11.1. The average molecular weight is 266 g/mol. The van der Waals surface area contributed by atoms with Gasteiger partial charge in [-0.3, -0.25) is 15.1 Å². The molecule has 0 aliphatic carbocycles. The molecule has 1 rings (SSSR count). The number of aromatic nitrogens is 1. The Balaban J connectivity index is 2.25. The van der Waals surface area contributed by atoms with Crippen LogP contribution in [0, 0.1) is 10.1 Å². The zero-order valence-electron chi connectivity index (χ0n) is 10.8. The third-order valence-corrected chi connectivity index (χ3v) is 2.53. The van der Waals surface area contributed by atoms with Gasteiger partial charge in [-0.2, -0.15) is 0 Å². The van der Waals surface area contributed by atoms with E-state index in [-0.39, 0.29) is 5.75 Å². The van der Waals surface area contributed by atoms with Gasteiger partial charge in [0.25, 0.3) is 6.20 Å². The summed E-state index contributed by atoms with van der Waals surface area (Å²) in [5.74, 6) is 0.588. The van der Waals surface area contributed by atoms with Crippen molar-refractivity contribution in [2.24, 2.45) is 0 Å². The van der Waals surface area contributed by atoms with E-state index in [0.29, 0.717) is 24.5 Å². The monoisotopic (exact) mass is 266 g/mol. The lowest BCUT2D eigenvalue weighted by Gasteiger charge is -2.07. The van der Waals surface area contributed by atoms with Gasteiger partial charge in [-0.25, -0.2) is 0 Å². The van der Waals surface area contributed by atoms with Crippen LogP contribution >= 0.6 is 0 Å². The minimum Gasteiger partial charge on any atom is -0.506 e. The maximum absolute atomic E-state index is 10.3. The predicted molar refractivity (Wildman–Crippen MR) is 71.0 cm³/mol. The SMILES string of the molecule is CNC(=C[N+](=O)[O-])NCCCCc1ncccc1O.